The van der Waals surface area contributed by atoms with Crippen LogP contribution >= 0.6 is 11.3 Å². The Labute approximate surface area is 141 Å². The number of nitrogens with zero attached hydrogens (tertiary/aromatic N) is 1. The van der Waals surface area contributed by atoms with Gasteiger partial charge in [-0.2, -0.15) is 0 Å². The monoisotopic (exact) mass is 332 g/mol. The van der Waals surface area contributed by atoms with Gasteiger partial charge in [0, 0.05) is 25.3 Å². The standard InChI is InChI=1S/C18H24N2O2S/c1-12-20-15-5-4-13(10-16(15)23-12)17(21)19-11-18(2,3)14-6-8-22-9-7-14/h4-5,10,14H,6-9,11H2,1-3H3,(H,19,21). The van der Waals surface area contributed by atoms with Gasteiger partial charge >= 0.3 is 0 Å². The Morgan fingerprint density at radius 1 is 1.39 bits per heavy atom. The van der Waals surface area contributed by atoms with Crippen molar-refractivity contribution in [3.8, 4) is 0 Å². The Bertz CT molecular complexity index is 702. The first-order valence-corrected chi connectivity index (χ1v) is 9.00. The third-order valence-corrected chi connectivity index (χ3v) is 5.72. The van der Waals surface area contributed by atoms with E-state index < -0.39 is 0 Å². The summed E-state index contributed by atoms with van der Waals surface area (Å²) >= 11 is 1.63. The second-order valence-electron chi connectivity index (χ2n) is 6.97. The molecule has 5 heteroatoms. The molecule has 1 saturated heterocycles. The molecule has 0 aliphatic carbocycles. The Morgan fingerprint density at radius 2 is 2.13 bits per heavy atom. The smallest absolute Gasteiger partial charge is 0.251 e. The fourth-order valence-electron chi connectivity index (χ4n) is 3.21. The molecular weight excluding hydrogens is 308 g/mol. The van der Waals surface area contributed by atoms with Gasteiger partial charge in [0.25, 0.3) is 5.91 Å². The van der Waals surface area contributed by atoms with E-state index in [-0.39, 0.29) is 11.3 Å². The van der Waals surface area contributed by atoms with Crippen LogP contribution in [0.15, 0.2) is 18.2 Å². The van der Waals surface area contributed by atoms with E-state index in [9.17, 15) is 4.79 Å². The number of nitrogens with one attached hydrogen (secondary N) is 1. The first-order valence-electron chi connectivity index (χ1n) is 8.19. The molecule has 2 aromatic rings. The zero-order valence-corrected chi connectivity index (χ0v) is 14.8. The number of hydrogen-bond donors (Lipinski definition) is 1. The third-order valence-electron chi connectivity index (χ3n) is 4.79. The summed E-state index contributed by atoms with van der Waals surface area (Å²) in [5.41, 5.74) is 1.76. The number of rotatable bonds is 4. The van der Waals surface area contributed by atoms with Gasteiger partial charge in [0.05, 0.1) is 15.2 Å². The highest BCUT2D eigenvalue weighted by molar-refractivity contribution is 7.18. The highest BCUT2D eigenvalue weighted by atomic mass is 32.1. The molecule has 1 aromatic carbocycles. The SMILES string of the molecule is Cc1nc2ccc(C(=O)NCC(C)(C)C3CCOCC3)cc2s1. The van der Waals surface area contributed by atoms with Crippen molar-refractivity contribution in [2.75, 3.05) is 19.8 Å². The first kappa shape index (κ1) is 16.4. The van der Waals surface area contributed by atoms with Gasteiger partial charge in [-0.1, -0.05) is 13.8 Å². The van der Waals surface area contributed by atoms with Gasteiger partial charge in [0.15, 0.2) is 0 Å². The zero-order chi connectivity index (χ0) is 16.4. The molecule has 0 saturated carbocycles. The number of benzene rings is 1. The molecule has 1 aromatic heterocycles. The summed E-state index contributed by atoms with van der Waals surface area (Å²) in [4.78, 5) is 16.9. The lowest BCUT2D eigenvalue weighted by atomic mass is 9.74. The average Bonchev–Trinajstić information content (AvgIpc) is 2.92. The van der Waals surface area contributed by atoms with Crippen molar-refractivity contribution in [3.05, 3.63) is 28.8 Å². The minimum absolute atomic E-state index is 0.00177. The Kier molecular flexibility index (Phi) is 4.69. The molecule has 0 radical (unpaired) electrons. The molecule has 0 spiro atoms. The summed E-state index contributed by atoms with van der Waals surface area (Å²) in [6.07, 6.45) is 2.16. The van der Waals surface area contributed by atoms with Crippen LogP contribution in [-0.2, 0) is 4.74 Å². The number of carbonyl (C=O) groups excluding carboxylic acids is 1. The molecule has 1 amide bonds. The topological polar surface area (TPSA) is 51.2 Å². The molecule has 1 N–H and O–H groups in total. The summed E-state index contributed by atoms with van der Waals surface area (Å²) in [6, 6.07) is 5.73. The van der Waals surface area contributed by atoms with Crippen molar-refractivity contribution < 1.29 is 9.53 Å². The fourth-order valence-corrected chi connectivity index (χ4v) is 4.08. The van der Waals surface area contributed by atoms with Crippen LogP contribution in [-0.4, -0.2) is 30.6 Å². The van der Waals surface area contributed by atoms with E-state index in [1.54, 1.807) is 11.3 Å². The van der Waals surface area contributed by atoms with E-state index >= 15 is 0 Å². The van der Waals surface area contributed by atoms with Crippen molar-refractivity contribution in [1.29, 1.82) is 0 Å². The van der Waals surface area contributed by atoms with Gasteiger partial charge in [0.2, 0.25) is 0 Å². The third kappa shape index (κ3) is 3.72. The minimum Gasteiger partial charge on any atom is -0.381 e. The molecule has 1 aliphatic rings. The van der Waals surface area contributed by atoms with E-state index in [1.165, 1.54) is 0 Å². The number of fused-ring (bicyclic) bond motifs is 1. The molecular formula is C18H24N2O2S. The molecule has 2 heterocycles. The quantitative estimate of drug-likeness (QED) is 0.927. The molecule has 1 fully saturated rings. The van der Waals surface area contributed by atoms with Crippen molar-refractivity contribution in [2.45, 2.75) is 33.6 Å². The number of aromatic nitrogens is 1. The van der Waals surface area contributed by atoms with Crippen LogP contribution < -0.4 is 5.32 Å². The number of amides is 1. The van der Waals surface area contributed by atoms with E-state index in [4.69, 9.17) is 4.74 Å². The van der Waals surface area contributed by atoms with E-state index in [1.807, 2.05) is 25.1 Å². The van der Waals surface area contributed by atoms with Crippen LogP contribution in [0, 0.1) is 18.3 Å². The highest BCUT2D eigenvalue weighted by Crippen LogP contribution is 2.33. The van der Waals surface area contributed by atoms with Gasteiger partial charge in [0.1, 0.15) is 0 Å². The van der Waals surface area contributed by atoms with Gasteiger partial charge in [-0.25, -0.2) is 4.98 Å². The lowest BCUT2D eigenvalue weighted by molar-refractivity contribution is 0.0228. The molecule has 0 unspecified atom stereocenters. The number of ether oxygens (including phenoxy) is 1. The van der Waals surface area contributed by atoms with Crippen LogP contribution in [0.4, 0.5) is 0 Å². The van der Waals surface area contributed by atoms with Crippen LogP contribution in [0.2, 0.25) is 0 Å². The first-order chi connectivity index (χ1) is 11.0. The van der Waals surface area contributed by atoms with Crippen molar-refractivity contribution in [2.24, 2.45) is 11.3 Å². The van der Waals surface area contributed by atoms with Crippen molar-refractivity contribution in [1.82, 2.24) is 10.3 Å². The molecule has 3 rings (SSSR count). The summed E-state index contributed by atoms with van der Waals surface area (Å²) in [6.45, 7) is 8.82. The Morgan fingerprint density at radius 3 is 2.87 bits per heavy atom. The number of carbonyl (C=O) groups is 1. The number of hydrogen-bond acceptors (Lipinski definition) is 4. The fraction of sp³-hybridized carbons (Fsp3) is 0.556. The minimum atomic E-state index is -0.00177. The molecule has 124 valence electrons. The van der Waals surface area contributed by atoms with Gasteiger partial charge in [-0.15, -0.1) is 11.3 Å². The van der Waals surface area contributed by atoms with Gasteiger partial charge in [-0.3, -0.25) is 4.79 Å². The molecule has 23 heavy (non-hydrogen) atoms. The molecule has 0 atom stereocenters. The van der Waals surface area contributed by atoms with Gasteiger partial charge in [-0.05, 0) is 49.3 Å². The van der Waals surface area contributed by atoms with E-state index in [2.05, 4.69) is 24.1 Å². The maximum absolute atomic E-state index is 12.5. The maximum atomic E-state index is 12.5. The Hall–Kier alpha value is -1.46. The summed E-state index contributed by atoms with van der Waals surface area (Å²) in [5.74, 6) is 0.598. The second kappa shape index (κ2) is 6.57. The predicted molar refractivity (Wildman–Crippen MR) is 94.0 cm³/mol. The summed E-state index contributed by atoms with van der Waals surface area (Å²) < 4.78 is 6.51. The van der Waals surface area contributed by atoms with Crippen LogP contribution in [0.1, 0.15) is 42.1 Å². The van der Waals surface area contributed by atoms with Crippen molar-refractivity contribution >= 4 is 27.5 Å². The molecule has 0 bridgehead atoms. The largest absolute Gasteiger partial charge is 0.381 e. The normalized spacial score (nSPS) is 16.7. The molecule has 1 aliphatic heterocycles. The zero-order valence-electron chi connectivity index (χ0n) is 14.0. The maximum Gasteiger partial charge on any atom is 0.251 e. The van der Waals surface area contributed by atoms with Crippen LogP contribution in [0.25, 0.3) is 10.2 Å². The van der Waals surface area contributed by atoms with E-state index in [0.717, 1.165) is 41.3 Å². The van der Waals surface area contributed by atoms with Crippen molar-refractivity contribution in [3.63, 3.8) is 0 Å². The second-order valence-corrected chi connectivity index (χ2v) is 8.21. The Balaban J connectivity index is 1.65. The number of thiazole rings is 1. The highest BCUT2D eigenvalue weighted by Gasteiger charge is 2.31. The average molecular weight is 332 g/mol. The predicted octanol–water partition coefficient (Wildman–Crippen LogP) is 3.79. The summed E-state index contributed by atoms with van der Waals surface area (Å²) in [7, 11) is 0. The summed E-state index contributed by atoms with van der Waals surface area (Å²) in [5, 5.41) is 4.14. The van der Waals surface area contributed by atoms with Crippen LogP contribution in [0.3, 0.4) is 0 Å². The number of aryl methyl sites for hydroxylation is 1. The van der Waals surface area contributed by atoms with Crippen LogP contribution in [0.5, 0.6) is 0 Å². The lowest BCUT2D eigenvalue weighted by Gasteiger charge is -2.37. The van der Waals surface area contributed by atoms with E-state index in [0.29, 0.717) is 18.0 Å². The molecule has 4 nitrogen and oxygen atoms in total. The van der Waals surface area contributed by atoms with Gasteiger partial charge < -0.3 is 10.1 Å². The lowest BCUT2D eigenvalue weighted by Crippen LogP contribution is -2.40.